The number of benzene rings is 1. The minimum atomic E-state index is -0.232. The third-order valence-corrected chi connectivity index (χ3v) is 6.25. The SMILES string of the molecule is Cc1ccc(SCC(=O)NNC(=O)CSCc2ccc(Cl)s2)cc1. The summed E-state index contributed by atoms with van der Waals surface area (Å²) in [5.41, 5.74) is 6.03. The monoisotopic (exact) mass is 400 g/mol. The first-order chi connectivity index (χ1) is 11.5. The fraction of sp³-hybridized carbons (Fsp3) is 0.250. The second kappa shape index (κ2) is 9.98. The second-order valence-corrected chi connectivity index (χ2v) is 8.73. The van der Waals surface area contributed by atoms with E-state index in [4.69, 9.17) is 11.6 Å². The summed E-state index contributed by atoms with van der Waals surface area (Å²) in [6.07, 6.45) is 0. The smallest absolute Gasteiger partial charge is 0.248 e. The Hall–Kier alpha value is -1.15. The Morgan fingerprint density at radius 3 is 2.33 bits per heavy atom. The molecule has 0 aliphatic heterocycles. The summed E-state index contributed by atoms with van der Waals surface area (Å²) in [7, 11) is 0. The minimum absolute atomic E-state index is 0.226. The van der Waals surface area contributed by atoms with Crippen molar-refractivity contribution in [3.05, 3.63) is 51.2 Å². The molecule has 2 aromatic rings. The number of nitrogens with one attached hydrogen (secondary N) is 2. The van der Waals surface area contributed by atoms with E-state index in [1.165, 1.54) is 40.4 Å². The topological polar surface area (TPSA) is 58.2 Å². The van der Waals surface area contributed by atoms with E-state index in [2.05, 4.69) is 10.9 Å². The zero-order chi connectivity index (χ0) is 17.4. The van der Waals surface area contributed by atoms with Gasteiger partial charge >= 0.3 is 0 Å². The first-order valence-corrected chi connectivity index (χ1v) is 10.5. The van der Waals surface area contributed by atoms with Crippen LogP contribution in [-0.4, -0.2) is 23.3 Å². The van der Waals surface area contributed by atoms with Crippen molar-refractivity contribution in [2.75, 3.05) is 11.5 Å². The molecule has 0 fully saturated rings. The molecule has 0 bridgehead atoms. The Balaban J connectivity index is 1.58. The molecule has 0 spiro atoms. The Bertz CT molecular complexity index is 689. The van der Waals surface area contributed by atoms with Gasteiger partial charge in [0.05, 0.1) is 15.8 Å². The highest BCUT2D eigenvalue weighted by atomic mass is 35.5. The molecule has 2 rings (SSSR count). The molecule has 2 amide bonds. The van der Waals surface area contributed by atoms with E-state index >= 15 is 0 Å². The van der Waals surface area contributed by atoms with Gasteiger partial charge < -0.3 is 0 Å². The van der Waals surface area contributed by atoms with Crippen molar-refractivity contribution in [3.63, 3.8) is 0 Å². The molecule has 0 saturated carbocycles. The highest BCUT2D eigenvalue weighted by molar-refractivity contribution is 8.00. The third-order valence-electron chi connectivity index (χ3n) is 2.84. The average Bonchev–Trinajstić information content (AvgIpc) is 2.98. The molecule has 8 heteroatoms. The Kier molecular flexibility index (Phi) is 7.98. The maximum atomic E-state index is 11.7. The van der Waals surface area contributed by atoms with Gasteiger partial charge in [0.2, 0.25) is 11.8 Å². The molecule has 0 aliphatic carbocycles. The maximum Gasteiger partial charge on any atom is 0.248 e. The minimum Gasteiger partial charge on any atom is -0.272 e. The summed E-state index contributed by atoms with van der Waals surface area (Å²) in [6.45, 7) is 2.02. The second-order valence-electron chi connectivity index (χ2n) is 4.90. The lowest BCUT2D eigenvalue weighted by atomic mass is 10.2. The lowest BCUT2D eigenvalue weighted by Crippen LogP contribution is -2.43. The quantitative estimate of drug-likeness (QED) is 0.547. The van der Waals surface area contributed by atoms with Crippen LogP contribution in [0.4, 0.5) is 0 Å². The molecule has 4 nitrogen and oxygen atoms in total. The molecule has 1 heterocycles. The van der Waals surface area contributed by atoms with Crippen LogP contribution in [0.5, 0.6) is 0 Å². The van der Waals surface area contributed by atoms with Gasteiger partial charge in [-0.2, -0.15) is 0 Å². The van der Waals surface area contributed by atoms with Crippen LogP contribution in [0.25, 0.3) is 0 Å². The summed E-state index contributed by atoms with van der Waals surface area (Å²) in [5.74, 6) is 0.799. The number of hydrazine groups is 1. The van der Waals surface area contributed by atoms with Gasteiger partial charge in [-0.15, -0.1) is 34.9 Å². The van der Waals surface area contributed by atoms with Crippen LogP contribution in [0.15, 0.2) is 41.3 Å². The van der Waals surface area contributed by atoms with Crippen LogP contribution in [-0.2, 0) is 15.3 Å². The fourth-order valence-electron chi connectivity index (χ4n) is 1.67. The molecule has 1 aromatic heterocycles. The number of aryl methyl sites for hydroxylation is 1. The predicted octanol–water partition coefficient (Wildman–Crippen LogP) is 3.88. The Labute approximate surface area is 158 Å². The fourth-order valence-corrected chi connectivity index (χ4v) is 4.39. The van der Waals surface area contributed by atoms with E-state index in [1.54, 1.807) is 0 Å². The van der Waals surface area contributed by atoms with E-state index in [1.807, 2.05) is 43.3 Å². The Morgan fingerprint density at radius 2 is 1.71 bits per heavy atom. The average molecular weight is 401 g/mol. The number of carbonyl (C=O) groups is 2. The number of hydrogen-bond donors (Lipinski definition) is 2. The number of rotatable bonds is 7. The van der Waals surface area contributed by atoms with Crippen molar-refractivity contribution in [2.24, 2.45) is 0 Å². The molecule has 1 aromatic carbocycles. The van der Waals surface area contributed by atoms with Gasteiger partial charge in [-0.3, -0.25) is 20.4 Å². The van der Waals surface area contributed by atoms with Crippen LogP contribution < -0.4 is 10.9 Å². The van der Waals surface area contributed by atoms with Gasteiger partial charge in [0.1, 0.15) is 0 Å². The van der Waals surface area contributed by atoms with E-state index in [0.717, 1.165) is 19.9 Å². The highest BCUT2D eigenvalue weighted by Crippen LogP contribution is 2.25. The summed E-state index contributed by atoms with van der Waals surface area (Å²) in [6, 6.07) is 11.7. The van der Waals surface area contributed by atoms with E-state index in [-0.39, 0.29) is 23.3 Å². The van der Waals surface area contributed by atoms with Gasteiger partial charge in [0.15, 0.2) is 0 Å². The summed E-state index contributed by atoms with van der Waals surface area (Å²) in [4.78, 5) is 25.5. The van der Waals surface area contributed by atoms with E-state index < -0.39 is 0 Å². The molecular weight excluding hydrogens is 384 g/mol. The van der Waals surface area contributed by atoms with Gasteiger partial charge in [-0.05, 0) is 31.2 Å². The number of thioether (sulfide) groups is 2. The van der Waals surface area contributed by atoms with Crippen molar-refractivity contribution in [3.8, 4) is 0 Å². The molecule has 128 valence electrons. The summed E-state index contributed by atoms with van der Waals surface area (Å²) >= 11 is 10.3. The van der Waals surface area contributed by atoms with Crippen molar-refractivity contribution in [1.82, 2.24) is 10.9 Å². The number of carbonyl (C=O) groups excluding carboxylic acids is 2. The molecule has 0 saturated heterocycles. The molecular formula is C16H17ClN2O2S3. The van der Waals surface area contributed by atoms with E-state index in [9.17, 15) is 9.59 Å². The van der Waals surface area contributed by atoms with Gasteiger partial charge in [0, 0.05) is 15.5 Å². The summed E-state index contributed by atoms with van der Waals surface area (Å²) in [5, 5.41) is 0. The number of hydrogen-bond acceptors (Lipinski definition) is 5. The standard InChI is InChI=1S/C16H17ClN2O2S3/c1-11-2-4-12(5-3-11)23-10-16(21)19-18-15(20)9-22-8-13-6-7-14(17)24-13/h2-7H,8-10H2,1H3,(H,18,20)(H,19,21). The summed E-state index contributed by atoms with van der Waals surface area (Å²) < 4.78 is 0.744. The van der Waals surface area contributed by atoms with Crippen LogP contribution >= 0.6 is 46.5 Å². The molecule has 0 radical (unpaired) electrons. The highest BCUT2D eigenvalue weighted by Gasteiger charge is 2.06. The van der Waals surface area contributed by atoms with Crippen LogP contribution in [0.3, 0.4) is 0 Å². The largest absolute Gasteiger partial charge is 0.272 e. The molecule has 0 unspecified atom stereocenters. The van der Waals surface area contributed by atoms with Crippen LogP contribution in [0.2, 0.25) is 4.34 Å². The van der Waals surface area contributed by atoms with Crippen molar-refractivity contribution >= 4 is 58.3 Å². The van der Waals surface area contributed by atoms with Crippen molar-refractivity contribution in [1.29, 1.82) is 0 Å². The van der Waals surface area contributed by atoms with Crippen molar-refractivity contribution in [2.45, 2.75) is 17.6 Å². The molecule has 24 heavy (non-hydrogen) atoms. The predicted molar refractivity (Wildman–Crippen MR) is 104 cm³/mol. The van der Waals surface area contributed by atoms with Crippen LogP contribution in [0, 0.1) is 6.92 Å². The van der Waals surface area contributed by atoms with Crippen LogP contribution in [0.1, 0.15) is 10.4 Å². The van der Waals surface area contributed by atoms with Gasteiger partial charge in [0.25, 0.3) is 0 Å². The number of thiophene rings is 1. The maximum absolute atomic E-state index is 11.7. The lowest BCUT2D eigenvalue weighted by molar-refractivity contribution is -0.126. The van der Waals surface area contributed by atoms with E-state index in [0.29, 0.717) is 0 Å². The van der Waals surface area contributed by atoms with Gasteiger partial charge in [-0.1, -0.05) is 29.3 Å². The first kappa shape index (κ1) is 19.2. The normalized spacial score (nSPS) is 10.4. The zero-order valence-electron chi connectivity index (χ0n) is 13.0. The van der Waals surface area contributed by atoms with Crippen molar-refractivity contribution < 1.29 is 9.59 Å². The molecule has 0 aliphatic rings. The number of amides is 2. The molecule has 0 atom stereocenters. The number of halogens is 1. The Morgan fingerprint density at radius 1 is 1.04 bits per heavy atom. The third kappa shape index (κ3) is 7.17. The zero-order valence-corrected chi connectivity index (χ0v) is 16.2. The first-order valence-electron chi connectivity index (χ1n) is 7.12. The lowest BCUT2D eigenvalue weighted by Gasteiger charge is -2.07. The molecule has 2 N–H and O–H groups in total. The van der Waals surface area contributed by atoms with Gasteiger partial charge in [-0.25, -0.2) is 0 Å².